The number of nitrogens with two attached hydrogens (primary N) is 1. The summed E-state index contributed by atoms with van der Waals surface area (Å²) in [5.74, 6) is -0.525. The number of carbonyl (C=O) groups is 2. The molecule has 0 aromatic carbocycles. The minimum absolute atomic E-state index is 0.0419. The second-order valence-corrected chi connectivity index (χ2v) is 4.17. The van der Waals surface area contributed by atoms with Gasteiger partial charge < -0.3 is 20.7 Å². The summed E-state index contributed by atoms with van der Waals surface area (Å²) >= 11 is 0. The standard InChI is InChI=1S/C9H15N3O5/c10-4-2-12(9(16)11-8(4)15)7-1-5(14)6(3-13)17-7/h4-7,13-14H,1-3,10H2,(H,11,15,16). The van der Waals surface area contributed by atoms with Gasteiger partial charge in [0.15, 0.2) is 0 Å². The molecule has 0 aromatic heterocycles. The fourth-order valence-corrected chi connectivity index (χ4v) is 1.97. The Morgan fingerprint density at radius 2 is 2.24 bits per heavy atom. The number of hydrogen-bond donors (Lipinski definition) is 4. The smallest absolute Gasteiger partial charge is 0.326 e. The van der Waals surface area contributed by atoms with E-state index in [2.05, 4.69) is 5.32 Å². The number of rotatable bonds is 2. The van der Waals surface area contributed by atoms with Gasteiger partial charge in [0.1, 0.15) is 18.4 Å². The van der Waals surface area contributed by atoms with E-state index in [0.717, 1.165) is 0 Å². The molecule has 2 saturated heterocycles. The molecule has 0 spiro atoms. The second-order valence-electron chi connectivity index (χ2n) is 4.17. The number of carbonyl (C=O) groups excluding carboxylic acids is 2. The predicted octanol–water partition coefficient (Wildman–Crippen LogP) is -2.67. The molecule has 0 radical (unpaired) electrons. The third-order valence-electron chi connectivity index (χ3n) is 2.95. The third-order valence-corrected chi connectivity index (χ3v) is 2.95. The van der Waals surface area contributed by atoms with Crippen molar-refractivity contribution >= 4 is 11.9 Å². The Morgan fingerprint density at radius 3 is 2.82 bits per heavy atom. The van der Waals surface area contributed by atoms with Gasteiger partial charge in [0, 0.05) is 13.0 Å². The van der Waals surface area contributed by atoms with Crippen molar-refractivity contribution in [2.45, 2.75) is 30.9 Å². The third kappa shape index (κ3) is 2.25. The van der Waals surface area contributed by atoms with Gasteiger partial charge in [0.25, 0.3) is 0 Å². The first-order chi connectivity index (χ1) is 8.02. The molecule has 8 heteroatoms. The number of ether oxygens (including phenoxy) is 1. The number of amides is 3. The number of nitrogens with one attached hydrogen (secondary N) is 1. The molecule has 4 atom stereocenters. The highest BCUT2D eigenvalue weighted by Gasteiger charge is 2.42. The molecule has 17 heavy (non-hydrogen) atoms. The van der Waals surface area contributed by atoms with Gasteiger partial charge in [-0.1, -0.05) is 0 Å². The predicted molar refractivity (Wildman–Crippen MR) is 54.6 cm³/mol. The first-order valence-corrected chi connectivity index (χ1v) is 5.34. The molecular formula is C9H15N3O5. The highest BCUT2D eigenvalue weighted by Crippen LogP contribution is 2.24. The summed E-state index contributed by atoms with van der Waals surface area (Å²) in [6.07, 6.45) is -2.01. The van der Waals surface area contributed by atoms with E-state index in [0.29, 0.717) is 0 Å². The van der Waals surface area contributed by atoms with Crippen molar-refractivity contribution in [1.82, 2.24) is 10.2 Å². The Hall–Kier alpha value is -1.22. The summed E-state index contributed by atoms with van der Waals surface area (Å²) in [4.78, 5) is 23.9. The monoisotopic (exact) mass is 245 g/mol. The molecule has 2 heterocycles. The van der Waals surface area contributed by atoms with Crippen molar-refractivity contribution in [3.8, 4) is 0 Å². The van der Waals surface area contributed by atoms with Gasteiger partial charge in [-0.15, -0.1) is 0 Å². The Morgan fingerprint density at radius 1 is 1.53 bits per heavy atom. The van der Waals surface area contributed by atoms with Gasteiger partial charge in [0.05, 0.1) is 12.7 Å². The molecule has 0 aliphatic carbocycles. The van der Waals surface area contributed by atoms with Crippen LogP contribution in [0.2, 0.25) is 0 Å². The lowest BCUT2D eigenvalue weighted by atomic mass is 10.1. The molecule has 2 aliphatic rings. The van der Waals surface area contributed by atoms with Crippen LogP contribution in [-0.4, -0.2) is 64.7 Å². The molecule has 5 N–H and O–H groups in total. The fourth-order valence-electron chi connectivity index (χ4n) is 1.97. The Bertz CT molecular complexity index is 337. The lowest BCUT2D eigenvalue weighted by molar-refractivity contribution is -0.125. The van der Waals surface area contributed by atoms with Gasteiger partial charge in [-0.05, 0) is 0 Å². The highest BCUT2D eigenvalue weighted by molar-refractivity contribution is 5.99. The summed E-state index contributed by atoms with van der Waals surface area (Å²) in [5.41, 5.74) is 5.53. The van der Waals surface area contributed by atoms with Crippen molar-refractivity contribution < 1.29 is 24.5 Å². The maximum absolute atomic E-state index is 11.6. The number of nitrogens with zero attached hydrogens (tertiary/aromatic N) is 1. The molecule has 8 nitrogen and oxygen atoms in total. The normalized spacial score (nSPS) is 38.4. The quantitative estimate of drug-likeness (QED) is 0.420. The van der Waals surface area contributed by atoms with E-state index >= 15 is 0 Å². The molecule has 2 aliphatic heterocycles. The van der Waals surface area contributed by atoms with Crippen LogP contribution in [0.3, 0.4) is 0 Å². The van der Waals surface area contributed by atoms with E-state index < -0.39 is 36.4 Å². The minimum atomic E-state index is -0.827. The van der Waals surface area contributed by atoms with Gasteiger partial charge in [0.2, 0.25) is 5.91 Å². The van der Waals surface area contributed by atoms with Crippen LogP contribution in [0.1, 0.15) is 6.42 Å². The maximum atomic E-state index is 11.6. The highest BCUT2D eigenvalue weighted by atomic mass is 16.5. The number of hydrogen-bond acceptors (Lipinski definition) is 6. The first-order valence-electron chi connectivity index (χ1n) is 5.34. The average molecular weight is 245 g/mol. The summed E-state index contributed by atoms with van der Waals surface area (Å²) in [6.45, 7) is -0.279. The number of imide groups is 1. The van der Waals surface area contributed by atoms with Crippen molar-refractivity contribution in [1.29, 1.82) is 0 Å². The largest absolute Gasteiger partial charge is 0.394 e. The van der Waals surface area contributed by atoms with E-state index in [4.69, 9.17) is 15.6 Å². The summed E-state index contributed by atoms with van der Waals surface area (Å²) in [5, 5.41) is 20.6. The van der Waals surface area contributed by atoms with E-state index in [1.165, 1.54) is 4.90 Å². The van der Waals surface area contributed by atoms with Crippen LogP contribution in [0.5, 0.6) is 0 Å². The molecule has 96 valence electrons. The van der Waals surface area contributed by atoms with Gasteiger partial charge in [-0.2, -0.15) is 0 Å². The molecule has 2 rings (SSSR count). The fraction of sp³-hybridized carbons (Fsp3) is 0.778. The van der Waals surface area contributed by atoms with Crippen LogP contribution >= 0.6 is 0 Å². The maximum Gasteiger partial charge on any atom is 0.326 e. The van der Waals surface area contributed by atoms with Crippen LogP contribution in [0.4, 0.5) is 4.79 Å². The molecule has 4 unspecified atom stereocenters. The molecule has 0 bridgehead atoms. The van der Waals surface area contributed by atoms with Crippen LogP contribution in [0, 0.1) is 0 Å². The number of urea groups is 1. The van der Waals surface area contributed by atoms with Crippen LogP contribution in [-0.2, 0) is 9.53 Å². The van der Waals surface area contributed by atoms with Crippen LogP contribution in [0.25, 0.3) is 0 Å². The van der Waals surface area contributed by atoms with Crippen molar-refractivity contribution in [2.75, 3.05) is 13.2 Å². The van der Waals surface area contributed by atoms with E-state index in [1.807, 2.05) is 0 Å². The van der Waals surface area contributed by atoms with Crippen molar-refractivity contribution in [2.24, 2.45) is 5.73 Å². The summed E-state index contributed by atoms with van der Waals surface area (Å²) in [6, 6.07) is -1.39. The Labute approximate surface area is 97.3 Å². The van der Waals surface area contributed by atoms with Gasteiger partial charge in [-0.25, -0.2) is 4.79 Å². The van der Waals surface area contributed by atoms with E-state index in [1.54, 1.807) is 0 Å². The zero-order chi connectivity index (χ0) is 12.6. The SMILES string of the molecule is NC1CN(C2CC(O)C(CO)O2)C(=O)NC1=O. The van der Waals surface area contributed by atoms with E-state index in [9.17, 15) is 14.7 Å². The van der Waals surface area contributed by atoms with E-state index in [-0.39, 0.29) is 19.6 Å². The average Bonchev–Trinajstić information content (AvgIpc) is 2.65. The molecule has 2 fully saturated rings. The first kappa shape index (κ1) is 12.2. The lowest BCUT2D eigenvalue weighted by Crippen LogP contribution is -2.62. The van der Waals surface area contributed by atoms with Crippen molar-refractivity contribution in [3.63, 3.8) is 0 Å². The van der Waals surface area contributed by atoms with Crippen molar-refractivity contribution in [3.05, 3.63) is 0 Å². The van der Waals surface area contributed by atoms with Crippen LogP contribution < -0.4 is 11.1 Å². The zero-order valence-corrected chi connectivity index (χ0v) is 9.07. The number of aliphatic hydroxyl groups excluding tert-OH is 2. The molecule has 0 aromatic rings. The number of aliphatic hydroxyl groups is 2. The molecule has 0 saturated carbocycles. The lowest BCUT2D eigenvalue weighted by Gasteiger charge is -2.34. The summed E-state index contributed by atoms with van der Waals surface area (Å²) in [7, 11) is 0. The Kier molecular flexibility index (Phi) is 3.29. The van der Waals surface area contributed by atoms with Gasteiger partial charge >= 0.3 is 6.03 Å². The topological polar surface area (TPSA) is 125 Å². The zero-order valence-electron chi connectivity index (χ0n) is 9.07. The van der Waals surface area contributed by atoms with Crippen LogP contribution in [0.15, 0.2) is 0 Å². The molecular weight excluding hydrogens is 230 g/mol. The second kappa shape index (κ2) is 4.57. The molecule has 3 amide bonds. The Balaban J connectivity index is 2.03. The summed E-state index contributed by atoms with van der Waals surface area (Å²) < 4.78 is 5.31. The van der Waals surface area contributed by atoms with Gasteiger partial charge in [-0.3, -0.25) is 15.0 Å². The minimum Gasteiger partial charge on any atom is -0.394 e.